The Morgan fingerprint density at radius 3 is 1.00 bits per heavy atom. The van der Waals surface area contributed by atoms with Crippen LogP contribution in [0.15, 0.2) is 0 Å². The number of amides is 1. The highest BCUT2D eigenvalue weighted by Crippen LogP contribution is 2.17. The monoisotopic (exact) mass is 684 g/mol. The second-order valence-corrected chi connectivity index (χ2v) is 15.1. The van der Waals surface area contributed by atoms with E-state index in [-0.39, 0.29) is 0 Å². The Balaban J connectivity index is 3.70. The Morgan fingerprint density at radius 1 is 0.438 bits per heavy atom. The number of unbranched alkanes of at least 4 members (excludes halogenated alkanes) is 30. The molecule has 6 nitrogen and oxygen atoms in total. The van der Waals surface area contributed by atoms with E-state index in [0.717, 1.165) is 38.5 Å². The van der Waals surface area contributed by atoms with Crippen LogP contribution in [0.25, 0.3) is 0 Å². The predicted octanol–water partition coefficient (Wildman–Crippen LogP) is 10.8. The molecule has 0 saturated carbocycles. The zero-order valence-corrected chi connectivity index (χ0v) is 32.3. The Bertz CT molecular complexity index is 648. The molecule has 4 unspecified atom stereocenters. The first kappa shape index (κ1) is 47.3. The fourth-order valence-corrected chi connectivity index (χ4v) is 6.88. The summed E-state index contributed by atoms with van der Waals surface area (Å²) in [4.78, 5) is 12.5. The Morgan fingerprint density at radius 2 is 0.708 bits per heavy atom. The molecule has 0 heterocycles. The molecule has 0 spiro atoms. The summed E-state index contributed by atoms with van der Waals surface area (Å²) in [7, 11) is 0. The lowest BCUT2D eigenvalue weighted by Crippen LogP contribution is -2.53. The molecule has 0 bridgehead atoms. The van der Waals surface area contributed by atoms with Gasteiger partial charge in [0.25, 0.3) is 0 Å². The summed E-state index contributed by atoms with van der Waals surface area (Å²) >= 11 is 0. The summed E-state index contributed by atoms with van der Waals surface area (Å²) in [6, 6.07) is -0.978. The topological polar surface area (TPSA) is 110 Å². The molecule has 0 radical (unpaired) electrons. The fraction of sp³-hybridized carbons (Fsp3) is 0.976. The van der Waals surface area contributed by atoms with Gasteiger partial charge in [-0.1, -0.05) is 219 Å². The minimum atomic E-state index is -1.25. The van der Waals surface area contributed by atoms with Gasteiger partial charge in [0, 0.05) is 0 Å². The molecule has 0 rings (SSSR count). The zero-order chi connectivity index (χ0) is 35.3. The van der Waals surface area contributed by atoms with Crippen molar-refractivity contribution in [3.63, 3.8) is 0 Å². The first-order valence-electron chi connectivity index (χ1n) is 21.4. The molecule has 0 aromatic carbocycles. The smallest absolute Gasteiger partial charge is 0.249 e. The second-order valence-electron chi connectivity index (χ2n) is 15.1. The predicted molar refractivity (Wildman–Crippen MR) is 205 cm³/mol. The normalized spacial score (nSPS) is 14.2. The minimum Gasteiger partial charge on any atom is -0.394 e. The first-order valence-corrected chi connectivity index (χ1v) is 21.4. The van der Waals surface area contributed by atoms with Gasteiger partial charge in [0.15, 0.2) is 0 Å². The van der Waals surface area contributed by atoms with Gasteiger partial charge in [0.1, 0.15) is 12.2 Å². The number of carbonyl (C=O) groups is 1. The second kappa shape index (κ2) is 37.6. The van der Waals surface area contributed by atoms with Gasteiger partial charge < -0.3 is 25.7 Å². The molecule has 0 fully saturated rings. The van der Waals surface area contributed by atoms with Gasteiger partial charge in [-0.3, -0.25) is 4.79 Å². The van der Waals surface area contributed by atoms with Crippen molar-refractivity contribution in [2.45, 2.75) is 257 Å². The van der Waals surface area contributed by atoms with Crippen LogP contribution < -0.4 is 5.32 Å². The average Bonchev–Trinajstić information content (AvgIpc) is 3.09. The molecule has 288 valence electrons. The van der Waals surface area contributed by atoms with Crippen molar-refractivity contribution in [1.29, 1.82) is 0 Å². The van der Waals surface area contributed by atoms with Gasteiger partial charge in [-0.15, -0.1) is 0 Å². The van der Waals surface area contributed by atoms with Crippen LogP contribution in [0.5, 0.6) is 0 Å². The van der Waals surface area contributed by atoms with E-state index in [0.29, 0.717) is 12.8 Å². The van der Waals surface area contributed by atoms with Crippen LogP contribution in [0.3, 0.4) is 0 Å². The highest BCUT2D eigenvalue weighted by Gasteiger charge is 2.28. The van der Waals surface area contributed by atoms with E-state index in [1.165, 1.54) is 167 Å². The number of nitrogens with one attached hydrogen (secondary N) is 1. The van der Waals surface area contributed by atoms with Crippen molar-refractivity contribution in [3.05, 3.63) is 0 Å². The van der Waals surface area contributed by atoms with Crippen LogP contribution in [0, 0.1) is 0 Å². The van der Waals surface area contributed by atoms with E-state index in [4.69, 9.17) is 0 Å². The molecule has 4 atom stereocenters. The summed E-state index contributed by atoms with van der Waals surface area (Å²) in [6.07, 6.45) is 38.4. The quantitative estimate of drug-likeness (QED) is 0.0414. The van der Waals surface area contributed by atoms with Gasteiger partial charge in [-0.25, -0.2) is 0 Å². The van der Waals surface area contributed by atoms with Crippen LogP contribution in [0.1, 0.15) is 232 Å². The maximum Gasteiger partial charge on any atom is 0.249 e. The van der Waals surface area contributed by atoms with Crippen molar-refractivity contribution in [3.8, 4) is 0 Å². The van der Waals surface area contributed by atoms with E-state index < -0.39 is 36.9 Å². The van der Waals surface area contributed by atoms with E-state index in [1.807, 2.05) is 0 Å². The third kappa shape index (κ3) is 31.3. The largest absolute Gasteiger partial charge is 0.394 e. The molecule has 5 N–H and O–H groups in total. The maximum absolute atomic E-state index is 12.5. The number of carbonyl (C=O) groups excluding carboxylic acids is 1. The summed E-state index contributed by atoms with van der Waals surface area (Å²) in [5.41, 5.74) is 0. The number of hydrogen-bond acceptors (Lipinski definition) is 5. The molecule has 0 aliphatic rings. The van der Waals surface area contributed by atoms with Crippen molar-refractivity contribution in [1.82, 2.24) is 5.32 Å². The van der Waals surface area contributed by atoms with Crippen LogP contribution >= 0.6 is 0 Å². The van der Waals surface area contributed by atoms with E-state index >= 15 is 0 Å². The molecule has 6 heteroatoms. The molecule has 0 aliphatic heterocycles. The molecule has 0 aromatic heterocycles. The molecule has 1 amide bonds. The standard InChI is InChI=1S/C42H85NO5/c1-3-5-7-9-11-13-15-17-18-19-20-21-22-24-26-28-30-32-34-36-40(46)42(48)43-38(37-44)41(47)39(45)35-33-31-29-27-25-23-16-14-12-10-8-6-4-2/h38-41,44-47H,3-37H2,1-2H3,(H,43,48). The summed E-state index contributed by atoms with van der Waals surface area (Å²) < 4.78 is 0. The van der Waals surface area contributed by atoms with Crippen LogP contribution in [-0.2, 0) is 4.79 Å². The lowest BCUT2D eigenvalue weighted by atomic mass is 9.99. The third-order valence-electron chi connectivity index (χ3n) is 10.3. The minimum absolute atomic E-state index is 0.375. The third-order valence-corrected chi connectivity index (χ3v) is 10.3. The molecule has 0 saturated heterocycles. The zero-order valence-electron chi connectivity index (χ0n) is 32.3. The summed E-state index contributed by atoms with van der Waals surface area (Å²) in [5, 5.41) is 43.6. The van der Waals surface area contributed by atoms with Crippen molar-refractivity contribution in [2.24, 2.45) is 0 Å². The van der Waals surface area contributed by atoms with Crippen molar-refractivity contribution < 1.29 is 25.2 Å². The fourth-order valence-electron chi connectivity index (χ4n) is 6.88. The van der Waals surface area contributed by atoms with Crippen LogP contribution in [0.4, 0.5) is 0 Å². The van der Waals surface area contributed by atoms with E-state index in [1.54, 1.807) is 0 Å². The number of aliphatic hydroxyl groups excluding tert-OH is 4. The molecular weight excluding hydrogens is 598 g/mol. The first-order chi connectivity index (χ1) is 23.5. The Hall–Kier alpha value is -0.690. The lowest BCUT2D eigenvalue weighted by Gasteiger charge is -2.27. The SMILES string of the molecule is CCCCCCCCCCCCCCCCCCCCCC(O)C(=O)NC(CO)C(O)C(O)CCCCCCCCCCCCCCC. The molecule has 48 heavy (non-hydrogen) atoms. The summed E-state index contributed by atoms with van der Waals surface area (Å²) in [5.74, 6) is -0.580. The van der Waals surface area contributed by atoms with Gasteiger partial charge >= 0.3 is 0 Å². The molecule has 0 aliphatic carbocycles. The van der Waals surface area contributed by atoms with Crippen molar-refractivity contribution >= 4 is 5.91 Å². The van der Waals surface area contributed by atoms with Gasteiger partial charge in [-0.05, 0) is 12.8 Å². The maximum atomic E-state index is 12.5. The number of aliphatic hydroxyl groups is 4. The van der Waals surface area contributed by atoms with E-state index in [2.05, 4.69) is 19.2 Å². The highest BCUT2D eigenvalue weighted by atomic mass is 16.3. The molecule has 0 aromatic rings. The van der Waals surface area contributed by atoms with Gasteiger partial charge in [-0.2, -0.15) is 0 Å². The van der Waals surface area contributed by atoms with Gasteiger partial charge in [0.05, 0.1) is 18.8 Å². The number of rotatable bonds is 39. The molecular formula is C42H85NO5. The Kier molecular flexibility index (Phi) is 37.0. The highest BCUT2D eigenvalue weighted by molar-refractivity contribution is 5.80. The Labute approximate surface area is 299 Å². The van der Waals surface area contributed by atoms with Gasteiger partial charge in [0.2, 0.25) is 5.91 Å². The van der Waals surface area contributed by atoms with Crippen LogP contribution in [-0.4, -0.2) is 57.3 Å². The number of hydrogen-bond donors (Lipinski definition) is 5. The van der Waals surface area contributed by atoms with Crippen molar-refractivity contribution in [2.75, 3.05) is 6.61 Å². The summed E-state index contributed by atoms with van der Waals surface area (Å²) in [6.45, 7) is 4.06. The van der Waals surface area contributed by atoms with Crippen LogP contribution in [0.2, 0.25) is 0 Å². The average molecular weight is 684 g/mol. The van der Waals surface area contributed by atoms with E-state index in [9.17, 15) is 25.2 Å². The lowest BCUT2D eigenvalue weighted by molar-refractivity contribution is -0.132.